The van der Waals surface area contributed by atoms with Crippen molar-refractivity contribution in [3.8, 4) is 0 Å². The molecule has 2 aromatic carbocycles. The number of hydrogen-bond acceptors (Lipinski definition) is 2. The molecule has 0 saturated carbocycles. The van der Waals surface area contributed by atoms with Crippen LogP contribution in [0.4, 0.5) is 0 Å². The van der Waals surface area contributed by atoms with Crippen LogP contribution in [0.25, 0.3) is 10.9 Å². The number of hydrogen-bond donors (Lipinski definition) is 2. The van der Waals surface area contributed by atoms with Gasteiger partial charge in [-0.25, -0.2) is 0 Å². The van der Waals surface area contributed by atoms with Crippen LogP contribution in [0.1, 0.15) is 30.5 Å². The summed E-state index contributed by atoms with van der Waals surface area (Å²) >= 11 is 11.9. The molecule has 1 heterocycles. The van der Waals surface area contributed by atoms with E-state index in [1.807, 2.05) is 36.4 Å². The van der Waals surface area contributed by atoms with Gasteiger partial charge in [-0.15, -0.1) is 0 Å². The molecule has 0 unspecified atom stereocenters. The number of aryl methyl sites for hydroxylation is 2. The molecule has 3 rings (SSSR count). The summed E-state index contributed by atoms with van der Waals surface area (Å²) in [7, 11) is 0. The maximum absolute atomic E-state index is 12.1. The second kappa shape index (κ2) is 8.72. The van der Waals surface area contributed by atoms with Gasteiger partial charge in [-0.3, -0.25) is 4.79 Å². The van der Waals surface area contributed by atoms with Crippen LogP contribution < -0.4 is 5.43 Å². The molecule has 2 N–H and O–H groups in total. The molecular weight excluding hydrogens is 369 g/mol. The highest BCUT2D eigenvalue weighted by Gasteiger charge is 2.08. The lowest BCUT2D eigenvalue weighted by Crippen LogP contribution is -2.11. The first-order valence-electron chi connectivity index (χ1n) is 8.76. The van der Waals surface area contributed by atoms with Gasteiger partial charge in [0.2, 0.25) is 0 Å². The van der Waals surface area contributed by atoms with Crippen LogP contribution >= 0.6 is 23.2 Å². The quantitative estimate of drug-likeness (QED) is 0.586. The summed E-state index contributed by atoms with van der Waals surface area (Å²) in [5.41, 5.74) is 2.83. The zero-order valence-corrected chi connectivity index (χ0v) is 15.9. The number of para-hydroxylation sites is 1. The normalized spacial score (nSPS) is 12.4. The fourth-order valence-corrected chi connectivity index (χ4v) is 3.41. The molecule has 0 aliphatic carbocycles. The molecule has 5 heteroatoms. The molecule has 0 fully saturated rings. The molecule has 0 radical (unpaired) electrons. The topological polar surface area (TPSA) is 53.1 Å². The monoisotopic (exact) mass is 389 g/mol. The van der Waals surface area contributed by atoms with Crippen LogP contribution in [-0.4, -0.2) is 16.2 Å². The average molecular weight is 390 g/mol. The first-order chi connectivity index (χ1) is 12.5. The van der Waals surface area contributed by atoms with Gasteiger partial charge in [-0.1, -0.05) is 41.4 Å². The zero-order chi connectivity index (χ0) is 18.5. The second-order valence-electron chi connectivity index (χ2n) is 6.54. The fraction of sp³-hybridized carbons (Fsp3) is 0.286. The largest absolute Gasteiger partial charge is 0.393 e. The zero-order valence-electron chi connectivity index (χ0n) is 14.3. The number of fused-ring (bicyclic) bond motifs is 1. The minimum atomic E-state index is -0.396. The molecule has 0 aliphatic rings. The molecular formula is C21H21Cl2NO2. The molecule has 0 saturated heterocycles. The number of halogens is 2. The first kappa shape index (κ1) is 19.0. The fourth-order valence-electron chi connectivity index (χ4n) is 3.09. The Kier molecular flexibility index (Phi) is 6.36. The predicted octanol–water partition coefficient (Wildman–Crippen LogP) is 5.15. The number of aromatic amines is 1. The van der Waals surface area contributed by atoms with E-state index in [-0.39, 0.29) is 5.43 Å². The molecule has 3 nitrogen and oxygen atoms in total. The molecule has 1 aromatic heterocycles. The highest BCUT2D eigenvalue weighted by atomic mass is 35.5. The van der Waals surface area contributed by atoms with E-state index in [2.05, 4.69) is 4.98 Å². The first-order valence-corrected chi connectivity index (χ1v) is 9.51. The van der Waals surface area contributed by atoms with Crippen molar-refractivity contribution < 1.29 is 5.11 Å². The Morgan fingerprint density at radius 3 is 2.58 bits per heavy atom. The highest BCUT2D eigenvalue weighted by Crippen LogP contribution is 2.23. The summed E-state index contributed by atoms with van der Waals surface area (Å²) in [5, 5.41) is 12.0. The van der Waals surface area contributed by atoms with Crippen molar-refractivity contribution in [2.45, 2.75) is 38.2 Å². The van der Waals surface area contributed by atoms with Crippen molar-refractivity contribution in [1.29, 1.82) is 0 Å². The molecule has 0 bridgehead atoms. The predicted molar refractivity (Wildman–Crippen MR) is 108 cm³/mol. The van der Waals surface area contributed by atoms with Gasteiger partial charge >= 0.3 is 0 Å². The Hall–Kier alpha value is -1.81. The van der Waals surface area contributed by atoms with Gasteiger partial charge < -0.3 is 10.1 Å². The van der Waals surface area contributed by atoms with E-state index in [0.29, 0.717) is 34.7 Å². The van der Waals surface area contributed by atoms with Crippen molar-refractivity contribution >= 4 is 34.1 Å². The Morgan fingerprint density at radius 1 is 0.962 bits per heavy atom. The minimum Gasteiger partial charge on any atom is -0.393 e. The number of aliphatic hydroxyl groups excluding tert-OH is 1. The Labute approximate surface area is 162 Å². The summed E-state index contributed by atoms with van der Waals surface area (Å²) in [4.78, 5) is 15.4. The summed E-state index contributed by atoms with van der Waals surface area (Å²) in [6.07, 6.45) is 3.29. The van der Waals surface area contributed by atoms with Gasteiger partial charge in [-0.05, 0) is 61.9 Å². The molecule has 26 heavy (non-hydrogen) atoms. The van der Waals surface area contributed by atoms with E-state index in [1.165, 1.54) is 0 Å². The van der Waals surface area contributed by atoms with Gasteiger partial charge in [0, 0.05) is 22.7 Å². The van der Waals surface area contributed by atoms with E-state index < -0.39 is 6.10 Å². The number of aromatic nitrogens is 1. The minimum absolute atomic E-state index is 0.0171. The van der Waals surface area contributed by atoms with Crippen LogP contribution in [0.15, 0.2) is 53.3 Å². The van der Waals surface area contributed by atoms with Crippen LogP contribution in [-0.2, 0) is 12.8 Å². The SMILES string of the molecule is O=c1cc(CC[C@@H](O)CCCc2ccc(Cl)c(Cl)c2)[nH]c2ccccc12. The molecule has 0 aliphatic heterocycles. The van der Waals surface area contributed by atoms with Gasteiger partial charge in [0.1, 0.15) is 0 Å². The van der Waals surface area contributed by atoms with Crippen LogP contribution in [0, 0.1) is 0 Å². The van der Waals surface area contributed by atoms with Crippen molar-refractivity contribution in [1.82, 2.24) is 4.98 Å². The standard InChI is InChI=1S/C21H21Cl2NO2/c22-18-11-8-14(12-19(18)23)4-3-5-16(25)10-9-15-13-21(26)17-6-1-2-7-20(17)24-15/h1-2,6-8,11-13,16,25H,3-5,9-10H2,(H,24,26)/t16-/m0/s1. The van der Waals surface area contributed by atoms with Gasteiger partial charge in [0.25, 0.3) is 0 Å². The lowest BCUT2D eigenvalue weighted by atomic mass is 10.0. The third-order valence-electron chi connectivity index (χ3n) is 4.53. The van der Waals surface area contributed by atoms with Crippen molar-refractivity contribution in [3.63, 3.8) is 0 Å². The van der Waals surface area contributed by atoms with E-state index in [9.17, 15) is 9.90 Å². The van der Waals surface area contributed by atoms with Gasteiger partial charge in [0.15, 0.2) is 5.43 Å². The van der Waals surface area contributed by atoms with Crippen molar-refractivity contribution in [2.24, 2.45) is 0 Å². The highest BCUT2D eigenvalue weighted by molar-refractivity contribution is 6.42. The number of nitrogens with one attached hydrogen (secondary N) is 1. The maximum Gasteiger partial charge on any atom is 0.189 e. The smallest absolute Gasteiger partial charge is 0.189 e. The molecule has 0 spiro atoms. The summed E-state index contributed by atoms with van der Waals surface area (Å²) < 4.78 is 0. The van der Waals surface area contributed by atoms with E-state index in [0.717, 1.165) is 29.6 Å². The Morgan fingerprint density at radius 2 is 1.77 bits per heavy atom. The van der Waals surface area contributed by atoms with E-state index >= 15 is 0 Å². The summed E-state index contributed by atoms with van der Waals surface area (Å²) in [5.74, 6) is 0. The van der Waals surface area contributed by atoms with Crippen LogP contribution in [0.5, 0.6) is 0 Å². The molecule has 136 valence electrons. The summed E-state index contributed by atoms with van der Waals surface area (Å²) in [6, 6.07) is 14.7. The summed E-state index contributed by atoms with van der Waals surface area (Å²) in [6.45, 7) is 0. The van der Waals surface area contributed by atoms with E-state index in [4.69, 9.17) is 23.2 Å². The van der Waals surface area contributed by atoms with Crippen LogP contribution in [0.3, 0.4) is 0 Å². The number of aliphatic hydroxyl groups is 1. The molecule has 0 amide bonds. The molecule has 1 atom stereocenters. The maximum atomic E-state index is 12.1. The Bertz CT molecular complexity index is 952. The number of benzene rings is 2. The second-order valence-corrected chi connectivity index (χ2v) is 7.35. The number of H-pyrrole nitrogens is 1. The lowest BCUT2D eigenvalue weighted by molar-refractivity contribution is 0.152. The van der Waals surface area contributed by atoms with Crippen molar-refractivity contribution in [3.05, 3.63) is 80.1 Å². The van der Waals surface area contributed by atoms with Crippen molar-refractivity contribution in [2.75, 3.05) is 0 Å². The Balaban J connectivity index is 1.50. The van der Waals surface area contributed by atoms with Gasteiger partial charge in [-0.2, -0.15) is 0 Å². The van der Waals surface area contributed by atoms with Crippen LogP contribution in [0.2, 0.25) is 10.0 Å². The average Bonchev–Trinajstić information content (AvgIpc) is 2.63. The van der Waals surface area contributed by atoms with E-state index in [1.54, 1.807) is 12.1 Å². The molecule has 3 aromatic rings. The number of pyridine rings is 1. The number of rotatable bonds is 7. The van der Waals surface area contributed by atoms with Gasteiger partial charge in [0.05, 0.1) is 16.1 Å². The third-order valence-corrected chi connectivity index (χ3v) is 5.27. The lowest BCUT2D eigenvalue weighted by Gasteiger charge is -2.11. The third kappa shape index (κ3) is 4.88.